The van der Waals surface area contributed by atoms with Crippen molar-refractivity contribution in [2.45, 2.75) is 33.8 Å². The highest BCUT2D eigenvalue weighted by Gasteiger charge is 2.11. The molecule has 0 spiro atoms. The van der Waals surface area contributed by atoms with Gasteiger partial charge in [0, 0.05) is 18.0 Å². The lowest BCUT2D eigenvalue weighted by Crippen LogP contribution is -2.09. The van der Waals surface area contributed by atoms with Gasteiger partial charge in [0.25, 0.3) is 0 Å². The second-order valence-electron chi connectivity index (χ2n) is 4.72. The molecule has 2 rings (SSSR count). The van der Waals surface area contributed by atoms with E-state index in [4.69, 9.17) is 16.3 Å². The van der Waals surface area contributed by atoms with Crippen LogP contribution in [0.2, 0.25) is 5.02 Å². The first kappa shape index (κ1) is 15.6. The first-order chi connectivity index (χ1) is 10.1. The summed E-state index contributed by atoms with van der Waals surface area (Å²) in [6.45, 7) is 7.29. The molecule has 1 N–H and O–H groups in total. The highest BCUT2D eigenvalue weighted by Crippen LogP contribution is 2.23. The zero-order chi connectivity index (χ0) is 15.2. The smallest absolute Gasteiger partial charge is 0.222 e. The largest absolute Gasteiger partial charge is 0.472 e. The molecule has 0 unspecified atom stereocenters. The van der Waals surface area contributed by atoms with E-state index in [1.165, 1.54) is 0 Å². The van der Waals surface area contributed by atoms with Gasteiger partial charge in [-0.1, -0.05) is 30.7 Å². The van der Waals surface area contributed by atoms with Crippen LogP contribution in [0.3, 0.4) is 0 Å². The van der Waals surface area contributed by atoms with Gasteiger partial charge in [-0.3, -0.25) is 0 Å². The Kier molecular flexibility index (Phi) is 5.39. The highest BCUT2D eigenvalue weighted by molar-refractivity contribution is 6.30. The maximum atomic E-state index is 5.98. The second-order valence-corrected chi connectivity index (χ2v) is 5.16. The van der Waals surface area contributed by atoms with E-state index >= 15 is 0 Å². The van der Waals surface area contributed by atoms with Crippen LogP contribution < -0.4 is 10.1 Å². The Morgan fingerprint density at radius 2 is 2.05 bits per heavy atom. The van der Waals surface area contributed by atoms with Gasteiger partial charge in [-0.25, -0.2) is 4.98 Å². The minimum absolute atomic E-state index is 0.438. The minimum Gasteiger partial charge on any atom is -0.472 e. The average Bonchev–Trinajstić information content (AvgIpc) is 2.48. The summed E-state index contributed by atoms with van der Waals surface area (Å²) in [4.78, 5) is 8.95. The number of nitrogens with one attached hydrogen (secondary N) is 1. The van der Waals surface area contributed by atoms with E-state index in [9.17, 15) is 0 Å². The number of nitrogens with zero attached hydrogens (tertiary/aromatic N) is 2. The summed E-state index contributed by atoms with van der Waals surface area (Å²) in [6, 6.07) is 7.63. The van der Waals surface area contributed by atoms with Crippen LogP contribution in [0.15, 0.2) is 24.3 Å². The van der Waals surface area contributed by atoms with E-state index in [1.807, 2.05) is 45.0 Å². The maximum absolute atomic E-state index is 5.98. The van der Waals surface area contributed by atoms with E-state index in [2.05, 4.69) is 15.3 Å². The molecule has 2 aromatic rings. The van der Waals surface area contributed by atoms with Gasteiger partial charge in [0.2, 0.25) is 5.88 Å². The fraction of sp³-hybridized carbons (Fsp3) is 0.375. The Morgan fingerprint density at radius 1 is 1.24 bits per heavy atom. The summed E-state index contributed by atoms with van der Waals surface area (Å²) in [5.74, 6) is 2.24. The van der Waals surface area contributed by atoms with Crippen LogP contribution in [0, 0.1) is 6.92 Å². The van der Waals surface area contributed by atoms with Gasteiger partial charge in [0.05, 0.1) is 5.56 Å². The number of hydrogen-bond donors (Lipinski definition) is 1. The molecule has 1 heterocycles. The molecular formula is C16H20ClN3O. The van der Waals surface area contributed by atoms with Gasteiger partial charge < -0.3 is 10.1 Å². The van der Waals surface area contributed by atoms with Gasteiger partial charge in [-0.05, 0) is 31.5 Å². The first-order valence-electron chi connectivity index (χ1n) is 7.12. The Balaban J connectivity index is 2.20. The van der Waals surface area contributed by atoms with Gasteiger partial charge in [-0.15, -0.1) is 0 Å². The lowest BCUT2D eigenvalue weighted by atomic mass is 10.2. The van der Waals surface area contributed by atoms with Crippen molar-refractivity contribution in [1.82, 2.24) is 9.97 Å². The van der Waals surface area contributed by atoms with Crippen molar-refractivity contribution in [3.8, 4) is 5.88 Å². The fourth-order valence-corrected chi connectivity index (χ4v) is 2.17. The van der Waals surface area contributed by atoms with Gasteiger partial charge in [0.1, 0.15) is 18.2 Å². The lowest BCUT2D eigenvalue weighted by molar-refractivity contribution is 0.290. The van der Waals surface area contributed by atoms with E-state index in [1.54, 1.807) is 0 Å². The molecule has 4 nitrogen and oxygen atoms in total. The zero-order valence-corrected chi connectivity index (χ0v) is 13.4. The van der Waals surface area contributed by atoms with Crippen molar-refractivity contribution < 1.29 is 4.74 Å². The monoisotopic (exact) mass is 305 g/mol. The number of aryl methyl sites for hydroxylation is 1. The summed E-state index contributed by atoms with van der Waals surface area (Å²) in [6.07, 6.45) is 0.770. The Morgan fingerprint density at radius 3 is 2.71 bits per heavy atom. The number of hydrogen-bond acceptors (Lipinski definition) is 4. The molecule has 0 saturated heterocycles. The van der Waals surface area contributed by atoms with Gasteiger partial charge in [0.15, 0.2) is 0 Å². The molecule has 0 aliphatic rings. The summed E-state index contributed by atoms with van der Waals surface area (Å²) in [5, 5.41) is 3.95. The number of rotatable bonds is 6. The van der Waals surface area contributed by atoms with E-state index in [0.29, 0.717) is 17.5 Å². The third-order valence-corrected chi connectivity index (χ3v) is 3.31. The third kappa shape index (κ3) is 4.08. The molecule has 1 aromatic carbocycles. The number of halogens is 1. The Bertz CT molecular complexity index is 616. The van der Waals surface area contributed by atoms with Crippen LogP contribution in [0.1, 0.15) is 30.8 Å². The van der Waals surface area contributed by atoms with Gasteiger partial charge >= 0.3 is 0 Å². The minimum atomic E-state index is 0.438. The lowest BCUT2D eigenvalue weighted by Gasteiger charge is -2.13. The van der Waals surface area contributed by atoms with Gasteiger partial charge in [-0.2, -0.15) is 4.98 Å². The molecule has 0 fully saturated rings. The summed E-state index contributed by atoms with van der Waals surface area (Å²) in [5.41, 5.74) is 1.94. The normalized spacial score (nSPS) is 10.5. The highest BCUT2D eigenvalue weighted by atomic mass is 35.5. The maximum Gasteiger partial charge on any atom is 0.222 e. The van der Waals surface area contributed by atoms with Crippen molar-refractivity contribution in [3.05, 3.63) is 46.2 Å². The molecule has 0 radical (unpaired) electrons. The Hall–Kier alpha value is -1.81. The fourth-order valence-electron chi connectivity index (χ4n) is 1.96. The van der Waals surface area contributed by atoms with Crippen LogP contribution in [-0.2, 0) is 13.0 Å². The van der Waals surface area contributed by atoms with Crippen LogP contribution in [0.4, 0.5) is 5.82 Å². The molecule has 1 aromatic heterocycles. The molecule has 0 aliphatic carbocycles. The predicted octanol–water partition coefficient (Wildman–Crippen LogP) is 4.01. The van der Waals surface area contributed by atoms with Crippen molar-refractivity contribution >= 4 is 17.4 Å². The number of ether oxygens (including phenoxy) is 1. The molecule has 0 bridgehead atoms. The summed E-state index contributed by atoms with van der Waals surface area (Å²) < 4.78 is 5.86. The summed E-state index contributed by atoms with van der Waals surface area (Å²) in [7, 11) is 0. The number of anilines is 1. The SMILES string of the molecule is CCNc1nc(CC)nc(OCc2cccc(Cl)c2)c1C. The molecule has 21 heavy (non-hydrogen) atoms. The third-order valence-electron chi connectivity index (χ3n) is 3.07. The van der Waals surface area contributed by atoms with Crippen LogP contribution in [0.25, 0.3) is 0 Å². The van der Waals surface area contributed by atoms with Crippen molar-refractivity contribution in [2.75, 3.05) is 11.9 Å². The summed E-state index contributed by atoms with van der Waals surface area (Å²) >= 11 is 5.98. The first-order valence-corrected chi connectivity index (χ1v) is 7.50. The molecule has 0 atom stereocenters. The number of aromatic nitrogens is 2. The van der Waals surface area contributed by atoms with Crippen molar-refractivity contribution in [3.63, 3.8) is 0 Å². The van der Waals surface area contributed by atoms with Crippen molar-refractivity contribution in [1.29, 1.82) is 0 Å². The topological polar surface area (TPSA) is 47.0 Å². The average molecular weight is 306 g/mol. The standard InChI is InChI=1S/C16H20ClN3O/c1-4-14-19-15(18-5-2)11(3)16(20-14)21-10-12-7-6-8-13(17)9-12/h6-9H,4-5,10H2,1-3H3,(H,18,19,20). The van der Waals surface area contributed by atoms with Crippen LogP contribution in [0.5, 0.6) is 5.88 Å². The number of benzene rings is 1. The van der Waals surface area contributed by atoms with Crippen LogP contribution in [-0.4, -0.2) is 16.5 Å². The zero-order valence-electron chi connectivity index (χ0n) is 12.6. The molecule has 0 saturated carbocycles. The van der Waals surface area contributed by atoms with E-state index < -0.39 is 0 Å². The Labute approximate surface area is 130 Å². The molecule has 5 heteroatoms. The molecule has 0 aliphatic heterocycles. The van der Waals surface area contributed by atoms with E-state index in [0.717, 1.165) is 35.7 Å². The molecule has 0 amide bonds. The van der Waals surface area contributed by atoms with Crippen LogP contribution >= 0.6 is 11.6 Å². The quantitative estimate of drug-likeness (QED) is 0.876. The van der Waals surface area contributed by atoms with Crippen molar-refractivity contribution in [2.24, 2.45) is 0 Å². The second kappa shape index (κ2) is 7.27. The molecule has 112 valence electrons. The predicted molar refractivity (Wildman–Crippen MR) is 86.1 cm³/mol. The van der Waals surface area contributed by atoms with E-state index in [-0.39, 0.29) is 0 Å². The molecular weight excluding hydrogens is 286 g/mol.